The summed E-state index contributed by atoms with van der Waals surface area (Å²) in [4.78, 5) is 39.1. The Balaban J connectivity index is 1.81. The maximum Gasteiger partial charge on any atom is 0.409 e. The molecule has 7 nitrogen and oxygen atoms in total. The molecule has 2 rings (SSSR count). The van der Waals surface area contributed by atoms with Crippen molar-refractivity contribution in [2.75, 3.05) is 39.3 Å². The first-order valence-electron chi connectivity index (χ1n) is 8.83. The number of carbonyl (C=O) groups is 3. The van der Waals surface area contributed by atoms with Crippen molar-refractivity contribution < 1.29 is 23.5 Å². The lowest BCUT2D eigenvalue weighted by Crippen LogP contribution is -2.52. The third kappa shape index (κ3) is 5.80. The van der Waals surface area contributed by atoms with Gasteiger partial charge in [0.15, 0.2) is 0 Å². The molecule has 0 unspecified atom stereocenters. The fraction of sp³-hybridized carbons (Fsp3) is 0.421. The smallest absolute Gasteiger partial charge is 0.409 e. The summed E-state index contributed by atoms with van der Waals surface area (Å²) in [6.07, 6.45) is 1.06. The third-order valence-corrected chi connectivity index (χ3v) is 4.19. The molecule has 0 saturated carbocycles. The van der Waals surface area contributed by atoms with Crippen LogP contribution in [0.25, 0.3) is 6.08 Å². The van der Waals surface area contributed by atoms with Gasteiger partial charge in [-0.15, -0.1) is 0 Å². The Morgan fingerprint density at radius 3 is 2.41 bits per heavy atom. The van der Waals surface area contributed by atoms with Crippen molar-refractivity contribution in [3.63, 3.8) is 0 Å². The number of piperazine rings is 1. The molecule has 0 aliphatic carbocycles. The summed E-state index contributed by atoms with van der Waals surface area (Å²) in [5, 5.41) is 2.55. The quantitative estimate of drug-likeness (QED) is 0.792. The molecule has 0 radical (unpaired) electrons. The second kappa shape index (κ2) is 9.70. The summed E-state index contributed by atoms with van der Waals surface area (Å²) in [5.41, 5.74) is 0.617. The monoisotopic (exact) mass is 377 g/mol. The molecule has 1 fully saturated rings. The maximum absolute atomic E-state index is 13.6. The average Bonchev–Trinajstić information content (AvgIpc) is 2.67. The highest BCUT2D eigenvalue weighted by molar-refractivity contribution is 5.99. The third-order valence-electron chi connectivity index (χ3n) is 4.19. The highest BCUT2D eigenvalue weighted by Gasteiger charge is 2.24. The highest BCUT2D eigenvalue weighted by Crippen LogP contribution is 2.11. The molecular formula is C19H24FN3O4. The number of halogens is 1. The van der Waals surface area contributed by atoms with E-state index in [2.05, 4.69) is 5.32 Å². The molecule has 0 spiro atoms. The summed E-state index contributed by atoms with van der Waals surface area (Å²) >= 11 is 0. The van der Waals surface area contributed by atoms with E-state index in [1.165, 1.54) is 12.1 Å². The Hall–Kier alpha value is -2.90. The van der Waals surface area contributed by atoms with Crippen molar-refractivity contribution in [1.29, 1.82) is 0 Å². The molecule has 8 heteroatoms. The largest absolute Gasteiger partial charge is 0.450 e. The molecular weight excluding hydrogens is 353 g/mol. The van der Waals surface area contributed by atoms with E-state index in [1.54, 1.807) is 41.8 Å². The number of rotatable bonds is 5. The minimum atomic E-state index is -0.434. The minimum Gasteiger partial charge on any atom is -0.450 e. The summed E-state index contributed by atoms with van der Waals surface area (Å²) in [7, 11) is 0. The van der Waals surface area contributed by atoms with Gasteiger partial charge in [-0.05, 0) is 26.0 Å². The number of hydrogen-bond donors (Lipinski definition) is 1. The molecule has 1 aromatic rings. The Kier molecular flexibility index (Phi) is 7.34. The average molecular weight is 377 g/mol. The van der Waals surface area contributed by atoms with E-state index in [-0.39, 0.29) is 18.5 Å². The van der Waals surface area contributed by atoms with E-state index in [1.807, 2.05) is 0 Å². The molecule has 1 N–H and O–H groups in total. The van der Waals surface area contributed by atoms with Gasteiger partial charge in [0.05, 0.1) is 13.2 Å². The van der Waals surface area contributed by atoms with Gasteiger partial charge in [-0.3, -0.25) is 9.59 Å². The first-order valence-corrected chi connectivity index (χ1v) is 8.83. The van der Waals surface area contributed by atoms with Gasteiger partial charge in [-0.25, -0.2) is 9.18 Å². The first kappa shape index (κ1) is 20.4. The molecule has 1 aromatic carbocycles. The predicted octanol–water partition coefficient (Wildman–Crippen LogP) is 1.65. The Morgan fingerprint density at radius 2 is 1.78 bits per heavy atom. The topological polar surface area (TPSA) is 79.0 Å². The molecule has 1 heterocycles. The van der Waals surface area contributed by atoms with Crippen molar-refractivity contribution in [3.8, 4) is 0 Å². The van der Waals surface area contributed by atoms with Crippen LogP contribution in [0.2, 0.25) is 0 Å². The van der Waals surface area contributed by atoms with Crippen LogP contribution in [-0.2, 0) is 14.3 Å². The number of hydrogen-bond acceptors (Lipinski definition) is 4. The van der Waals surface area contributed by atoms with Gasteiger partial charge < -0.3 is 19.9 Å². The molecule has 3 amide bonds. The van der Waals surface area contributed by atoms with E-state index in [9.17, 15) is 18.8 Å². The predicted molar refractivity (Wildman–Crippen MR) is 98.2 cm³/mol. The van der Waals surface area contributed by atoms with E-state index in [0.717, 1.165) is 0 Å². The van der Waals surface area contributed by atoms with Crippen LogP contribution < -0.4 is 5.32 Å². The van der Waals surface area contributed by atoms with Crippen molar-refractivity contribution in [2.24, 2.45) is 0 Å². The lowest BCUT2D eigenvalue weighted by atomic mass is 10.1. The van der Waals surface area contributed by atoms with Crippen LogP contribution in [-0.4, -0.2) is 67.0 Å². The molecule has 146 valence electrons. The maximum atomic E-state index is 13.6. The van der Waals surface area contributed by atoms with Crippen LogP contribution in [0.3, 0.4) is 0 Å². The van der Waals surface area contributed by atoms with Crippen LogP contribution in [0.5, 0.6) is 0 Å². The zero-order valence-corrected chi connectivity index (χ0v) is 15.5. The van der Waals surface area contributed by atoms with Crippen molar-refractivity contribution >= 4 is 24.0 Å². The molecule has 1 aliphatic rings. The Morgan fingerprint density at radius 1 is 1.15 bits per heavy atom. The molecule has 1 aliphatic heterocycles. The Bertz CT molecular complexity index is 727. The van der Waals surface area contributed by atoms with Gasteiger partial charge >= 0.3 is 6.09 Å². The van der Waals surface area contributed by atoms with Crippen LogP contribution in [0, 0.1) is 5.82 Å². The normalized spacial score (nSPS) is 14.7. The summed E-state index contributed by atoms with van der Waals surface area (Å²) in [6, 6.07) is 6.14. The van der Waals surface area contributed by atoms with E-state index < -0.39 is 11.7 Å². The fourth-order valence-corrected chi connectivity index (χ4v) is 2.65. The van der Waals surface area contributed by atoms with Crippen LogP contribution in [0.4, 0.5) is 9.18 Å². The van der Waals surface area contributed by atoms with E-state index >= 15 is 0 Å². The lowest BCUT2D eigenvalue weighted by molar-refractivity contribution is -0.133. The number of nitrogens with one attached hydrogen (secondary N) is 1. The zero-order valence-electron chi connectivity index (χ0n) is 15.5. The molecule has 27 heavy (non-hydrogen) atoms. The zero-order chi connectivity index (χ0) is 19.8. The molecule has 0 atom stereocenters. The van der Waals surface area contributed by atoms with Crippen molar-refractivity contribution in [1.82, 2.24) is 15.1 Å². The minimum absolute atomic E-state index is 0.152. The second-order valence-corrected chi connectivity index (χ2v) is 6.10. The van der Waals surface area contributed by atoms with Crippen LogP contribution in [0.1, 0.15) is 19.4 Å². The highest BCUT2D eigenvalue weighted by atomic mass is 19.1. The first-order chi connectivity index (χ1) is 12.9. The van der Waals surface area contributed by atoms with Crippen LogP contribution in [0.15, 0.2) is 29.8 Å². The van der Waals surface area contributed by atoms with E-state index in [0.29, 0.717) is 43.9 Å². The van der Waals surface area contributed by atoms with Gasteiger partial charge in [0.1, 0.15) is 5.82 Å². The number of amides is 3. The number of carbonyl (C=O) groups excluding carboxylic acids is 3. The SMILES string of the molecule is CCOC(=O)N1CCN(C(=O)CNC(=O)/C(C)=C/c2ccccc2F)CC1. The Labute approximate surface area is 157 Å². The standard InChI is InChI=1S/C19H24FN3O4/c1-3-27-19(26)23-10-8-22(9-11-23)17(24)13-21-18(25)14(2)12-15-6-4-5-7-16(15)20/h4-7,12H,3,8-11,13H2,1-2H3,(H,21,25)/b14-12+. The van der Waals surface area contributed by atoms with Gasteiger partial charge in [-0.2, -0.15) is 0 Å². The van der Waals surface area contributed by atoms with Crippen LogP contribution >= 0.6 is 0 Å². The van der Waals surface area contributed by atoms with Gasteiger partial charge in [0.2, 0.25) is 11.8 Å². The van der Waals surface area contributed by atoms with Gasteiger partial charge in [0.25, 0.3) is 0 Å². The number of nitrogens with zero attached hydrogens (tertiary/aromatic N) is 2. The molecule has 0 aromatic heterocycles. The van der Waals surface area contributed by atoms with Crippen molar-refractivity contribution in [2.45, 2.75) is 13.8 Å². The van der Waals surface area contributed by atoms with Gasteiger partial charge in [-0.1, -0.05) is 18.2 Å². The number of ether oxygens (including phenoxy) is 1. The second-order valence-electron chi connectivity index (χ2n) is 6.10. The fourth-order valence-electron chi connectivity index (χ4n) is 2.65. The van der Waals surface area contributed by atoms with Gasteiger partial charge in [0, 0.05) is 37.3 Å². The molecule has 1 saturated heterocycles. The lowest BCUT2D eigenvalue weighted by Gasteiger charge is -2.34. The van der Waals surface area contributed by atoms with Crippen molar-refractivity contribution in [3.05, 3.63) is 41.2 Å². The summed E-state index contributed by atoms with van der Waals surface area (Å²) in [5.74, 6) is -1.08. The molecule has 0 bridgehead atoms. The van der Waals surface area contributed by atoms with E-state index in [4.69, 9.17) is 4.74 Å². The summed E-state index contributed by atoms with van der Waals surface area (Å²) in [6.45, 7) is 5.02. The number of benzene rings is 1. The summed E-state index contributed by atoms with van der Waals surface area (Å²) < 4.78 is 18.6.